The van der Waals surface area contributed by atoms with Gasteiger partial charge in [0.05, 0.1) is 11.3 Å². The fourth-order valence-electron chi connectivity index (χ4n) is 3.48. The largest absolute Gasteiger partial charge is 0.353 e. The molecular weight excluding hydrogens is 419 g/mol. The number of carbonyl (C=O) groups excluding carboxylic acids is 1. The van der Waals surface area contributed by atoms with E-state index in [1.54, 1.807) is 42.7 Å². The quantitative estimate of drug-likeness (QED) is 0.497. The van der Waals surface area contributed by atoms with Gasteiger partial charge in [-0.05, 0) is 56.3 Å². The van der Waals surface area contributed by atoms with E-state index >= 15 is 0 Å². The van der Waals surface area contributed by atoms with E-state index in [-0.39, 0.29) is 5.69 Å². The molecule has 0 radical (unpaired) electrons. The van der Waals surface area contributed by atoms with Crippen LogP contribution in [-0.2, 0) is 0 Å². The zero-order valence-corrected chi connectivity index (χ0v) is 18.1. The minimum absolute atomic E-state index is 0.111. The zero-order chi connectivity index (χ0) is 22.9. The molecule has 0 saturated carbocycles. The van der Waals surface area contributed by atoms with Crippen molar-refractivity contribution in [1.29, 1.82) is 0 Å². The van der Waals surface area contributed by atoms with Gasteiger partial charge in [-0.25, -0.2) is 19.2 Å². The fraction of sp³-hybridized carbons (Fsp3) is 0.240. The normalized spacial score (nSPS) is 13.1. The Balaban J connectivity index is 1.30. The van der Waals surface area contributed by atoms with Crippen LogP contribution in [0.2, 0.25) is 0 Å². The summed E-state index contributed by atoms with van der Waals surface area (Å²) in [7, 11) is 0. The molecule has 0 spiro atoms. The molecule has 0 atom stereocenters. The Morgan fingerprint density at radius 1 is 0.970 bits per heavy atom. The monoisotopic (exact) mass is 444 g/mol. The molecule has 2 aromatic carbocycles. The Morgan fingerprint density at radius 2 is 1.73 bits per heavy atom. The minimum atomic E-state index is -0.536. The minimum Gasteiger partial charge on any atom is -0.353 e. The number of aromatic nitrogens is 2. The highest BCUT2D eigenvalue weighted by atomic mass is 19.1. The van der Waals surface area contributed by atoms with Gasteiger partial charge in [0, 0.05) is 36.7 Å². The van der Waals surface area contributed by atoms with Crippen LogP contribution < -0.4 is 16.0 Å². The average Bonchev–Trinajstić information content (AvgIpc) is 3.34. The van der Waals surface area contributed by atoms with Gasteiger partial charge in [-0.1, -0.05) is 30.0 Å². The molecule has 1 fully saturated rings. The van der Waals surface area contributed by atoms with Crippen molar-refractivity contribution >= 4 is 23.4 Å². The number of para-hydroxylation sites is 1. The van der Waals surface area contributed by atoms with Crippen LogP contribution in [0.15, 0.2) is 60.9 Å². The Morgan fingerprint density at radius 3 is 2.52 bits per heavy atom. The number of urea groups is 1. The van der Waals surface area contributed by atoms with Crippen molar-refractivity contribution in [2.45, 2.75) is 12.8 Å². The number of benzene rings is 2. The lowest BCUT2D eigenvalue weighted by atomic mass is 10.2. The highest BCUT2D eigenvalue weighted by Gasteiger charge is 2.10. The number of hydrogen-bond acceptors (Lipinski definition) is 5. The molecule has 4 rings (SSSR count). The zero-order valence-electron chi connectivity index (χ0n) is 18.1. The molecule has 2 amide bonds. The second kappa shape index (κ2) is 11.1. The summed E-state index contributed by atoms with van der Waals surface area (Å²) >= 11 is 0. The lowest BCUT2D eigenvalue weighted by molar-refractivity contribution is 0.262. The lowest BCUT2D eigenvalue weighted by Gasteiger charge is -2.14. The maximum absolute atomic E-state index is 13.7. The van der Waals surface area contributed by atoms with Gasteiger partial charge >= 0.3 is 6.03 Å². The van der Waals surface area contributed by atoms with Gasteiger partial charge in [0.15, 0.2) is 0 Å². The van der Waals surface area contributed by atoms with Gasteiger partial charge in [-0.3, -0.25) is 0 Å². The van der Waals surface area contributed by atoms with Gasteiger partial charge in [0.25, 0.3) is 0 Å². The second-order valence-electron chi connectivity index (χ2n) is 7.66. The molecule has 1 aliphatic rings. The number of hydrogen-bond donors (Lipinski definition) is 3. The summed E-state index contributed by atoms with van der Waals surface area (Å²) < 4.78 is 13.7. The van der Waals surface area contributed by atoms with Crippen LogP contribution in [0.5, 0.6) is 0 Å². The van der Waals surface area contributed by atoms with E-state index in [1.165, 1.54) is 38.1 Å². The molecule has 0 aliphatic carbocycles. The molecule has 33 heavy (non-hydrogen) atoms. The van der Waals surface area contributed by atoms with Crippen molar-refractivity contribution in [3.63, 3.8) is 0 Å². The fourth-order valence-corrected chi connectivity index (χ4v) is 3.48. The number of halogens is 1. The number of nitrogens with one attached hydrogen (secondary N) is 3. The van der Waals surface area contributed by atoms with Gasteiger partial charge in [0.1, 0.15) is 5.82 Å². The first-order chi connectivity index (χ1) is 16.2. The molecule has 1 aliphatic heterocycles. The van der Waals surface area contributed by atoms with Crippen molar-refractivity contribution in [3.8, 4) is 11.8 Å². The molecule has 1 saturated heterocycles. The molecular formula is C25H25FN6O. The van der Waals surface area contributed by atoms with Crippen LogP contribution in [0.25, 0.3) is 0 Å². The molecule has 7 nitrogen and oxygen atoms in total. The van der Waals surface area contributed by atoms with Crippen LogP contribution in [0.3, 0.4) is 0 Å². The topological polar surface area (TPSA) is 82.2 Å². The third-order valence-corrected chi connectivity index (χ3v) is 5.16. The van der Waals surface area contributed by atoms with Crippen LogP contribution in [0.4, 0.5) is 26.5 Å². The van der Waals surface area contributed by atoms with E-state index in [2.05, 4.69) is 42.7 Å². The predicted octanol–water partition coefficient (Wildman–Crippen LogP) is 4.17. The maximum atomic E-state index is 13.7. The maximum Gasteiger partial charge on any atom is 0.323 e. The lowest BCUT2D eigenvalue weighted by Crippen LogP contribution is -2.26. The van der Waals surface area contributed by atoms with Crippen molar-refractivity contribution in [2.24, 2.45) is 0 Å². The van der Waals surface area contributed by atoms with E-state index in [0.29, 0.717) is 22.8 Å². The Kier molecular flexibility index (Phi) is 7.46. The molecule has 3 aromatic rings. The predicted molar refractivity (Wildman–Crippen MR) is 128 cm³/mol. The van der Waals surface area contributed by atoms with Crippen LogP contribution in [0.1, 0.15) is 24.0 Å². The van der Waals surface area contributed by atoms with Gasteiger partial charge in [-0.15, -0.1) is 0 Å². The first kappa shape index (κ1) is 22.2. The smallest absolute Gasteiger partial charge is 0.323 e. The summed E-state index contributed by atoms with van der Waals surface area (Å²) in [6.07, 6.45) is 5.93. The number of anilines is 3. The standard InChI is InChI=1S/C25H25FN6O/c26-22-8-1-2-9-23(22)31-25(33)30-21-7-5-6-19(16-21)10-11-20-17-28-24(29-18-20)27-12-15-32-13-3-4-14-32/h1-2,5-9,16-18H,3-4,12-15H2,(H,27,28,29)(H2,30,31,33). The summed E-state index contributed by atoms with van der Waals surface area (Å²) in [5.74, 6) is 6.16. The Hall–Kier alpha value is -3.96. The van der Waals surface area contributed by atoms with Crippen molar-refractivity contribution < 1.29 is 9.18 Å². The van der Waals surface area contributed by atoms with E-state index in [4.69, 9.17) is 0 Å². The second-order valence-corrected chi connectivity index (χ2v) is 7.66. The van der Waals surface area contributed by atoms with Crippen molar-refractivity contribution in [2.75, 3.05) is 42.1 Å². The summed E-state index contributed by atoms with van der Waals surface area (Å²) in [5, 5.41) is 8.41. The summed E-state index contributed by atoms with van der Waals surface area (Å²) in [5.41, 5.74) is 2.06. The van der Waals surface area contributed by atoms with Gasteiger partial charge in [-0.2, -0.15) is 0 Å². The molecule has 2 heterocycles. The van der Waals surface area contributed by atoms with Crippen molar-refractivity contribution in [3.05, 3.63) is 77.9 Å². The van der Waals surface area contributed by atoms with Crippen LogP contribution in [-0.4, -0.2) is 47.1 Å². The summed E-state index contributed by atoms with van der Waals surface area (Å²) in [6.45, 7) is 4.15. The molecule has 1 aromatic heterocycles. The van der Waals surface area contributed by atoms with Gasteiger partial charge < -0.3 is 20.9 Å². The number of rotatable bonds is 6. The van der Waals surface area contributed by atoms with E-state index < -0.39 is 11.8 Å². The van der Waals surface area contributed by atoms with E-state index in [9.17, 15) is 9.18 Å². The number of nitrogens with zero attached hydrogens (tertiary/aromatic N) is 3. The Labute approximate surface area is 192 Å². The number of carbonyl (C=O) groups is 1. The molecule has 168 valence electrons. The molecule has 8 heteroatoms. The SMILES string of the molecule is O=C(Nc1cccc(C#Cc2cnc(NCCN3CCCC3)nc2)c1)Nc1ccccc1F. The average molecular weight is 445 g/mol. The van der Waals surface area contributed by atoms with Gasteiger partial charge in [0.2, 0.25) is 5.95 Å². The van der Waals surface area contributed by atoms with Crippen LogP contribution in [0, 0.1) is 17.7 Å². The highest BCUT2D eigenvalue weighted by Crippen LogP contribution is 2.14. The van der Waals surface area contributed by atoms with Crippen LogP contribution >= 0.6 is 0 Å². The number of likely N-dealkylation sites (tertiary alicyclic amines) is 1. The van der Waals surface area contributed by atoms with E-state index in [1.807, 2.05) is 6.07 Å². The third-order valence-electron chi connectivity index (χ3n) is 5.16. The first-order valence-electron chi connectivity index (χ1n) is 10.9. The molecule has 0 bridgehead atoms. The van der Waals surface area contributed by atoms with E-state index in [0.717, 1.165) is 13.1 Å². The van der Waals surface area contributed by atoms with Crippen molar-refractivity contribution in [1.82, 2.24) is 14.9 Å². The molecule has 3 N–H and O–H groups in total. The Bertz CT molecular complexity index is 1150. The summed E-state index contributed by atoms with van der Waals surface area (Å²) in [4.78, 5) is 23.2. The third kappa shape index (κ3) is 6.76. The first-order valence-corrected chi connectivity index (χ1v) is 10.9. The molecule has 0 unspecified atom stereocenters. The summed E-state index contributed by atoms with van der Waals surface area (Å²) in [6, 6.07) is 12.5. The number of amides is 2. The highest BCUT2D eigenvalue weighted by molar-refractivity contribution is 5.99.